The van der Waals surface area contributed by atoms with Gasteiger partial charge in [-0.3, -0.25) is 0 Å². The molecule has 2 heterocycles. The van der Waals surface area contributed by atoms with Crippen molar-refractivity contribution in [2.75, 3.05) is 29.5 Å². The lowest BCUT2D eigenvalue weighted by Crippen LogP contribution is -2.41. The first kappa shape index (κ1) is 13.7. The lowest BCUT2D eigenvalue weighted by molar-refractivity contribution is 0.0684. The van der Waals surface area contributed by atoms with Crippen LogP contribution in [0.4, 0.5) is 5.82 Å². The monoisotopic (exact) mass is 307 g/mol. The van der Waals surface area contributed by atoms with E-state index < -0.39 is 15.8 Å². The highest BCUT2D eigenvalue weighted by Gasteiger charge is 2.25. The van der Waals surface area contributed by atoms with Crippen LogP contribution in [0, 0.1) is 0 Å². The number of hydrogen-bond donors (Lipinski definition) is 1. The van der Waals surface area contributed by atoms with Gasteiger partial charge in [-0.2, -0.15) is 0 Å². The molecule has 3 rings (SSSR count). The molecule has 1 aliphatic heterocycles. The molecule has 0 bridgehead atoms. The van der Waals surface area contributed by atoms with Crippen molar-refractivity contribution >= 4 is 32.5 Å². The maximum atomic E-state index is 11.5. The van der Waals surface area contributed by atoms with E-state index in [9.17, 15) is 13.2 Å². The molecule has 0 atom stereocenters. The average molecular weight is 307 g/mol. The van der Waals surface area contributed by atoms with Crippen LogP contribution >= 0.6 is 0 Å². The van der Waals surface area contributed by atoms with Gasteiger partial charge >= 0.3 is 5.97 Å². The number of carboxylic acids is 1. The second-order valence-electron chi connectivity index (χ2n) is 4.83. The third kappa shape index (κ3) is 2.66. The summed E-state index contributed by atoms with van der Waals surface area (Å²) in [7, 11) is -3.00. The molecule has 0 saturated carbocycles. The first-order chi connectivity index (χ1) is 9.96. The fraction of sp³-hybridized carbons (Fsp3) is 0.308. The summed E-state index contributed by atoms with van der Waals surface area (Å²) in [5.74, 6) is -0.904. The van der Waals surface area contributed by atoms with Gasteiger partial charge in [0.2, 0.25) is 5.82 Å². The van der Waals surface area contributed by atoms with Crippen LogP contribution < -0.4 is 4.90 Å². The zero-order chi connectivity index (χ0) is 15.0. The summed E-state index contributed by atoms with van der Waals surface area (Å²) < 4.78 is 23.0. The number of hydrogen-bond acceptors (Lipinski definition) is 6. The Labute approximate surface area is 121 Å². The largest absolute Gasteiger partial charge is 0.475 e. The fourth-order valence-corrected chi connectivity index (χ4v) is 3.52. The third-order valence-corrected chi connectivity index (χ3v) is 5.03. The summed E-state index contributed by atoms with van der Waals surface area (Å²) in [5, 5.41) is 9.83. The maximum Gasteiger partial charge on any atom is 0.374 e. The molecule has 0 aliphatic carbocycles. The molecule has 1 aromatic carbocycles. The van der Waals surface area contributed by atoms with Crippen LogP contribution in [0.2, 0.25) is 0 Å². The predicted molar refractivity (Wildman–Crippen MR) is 77.4 cm³/mol. The Hall–Kier alpha value is -2.22. The zero-order valence-corrected chi connectivity index (χ0v) is 11.9. The van der Waals surface area contributed by atoms with E-state index in [1.165, 1.54) is 0 Å². The Morgan fingerprint density at radius 2 is 1.81 bits per heavy atom. The number of aromatic carboxylic acids is 1. The molecule has 8 heteroatoms. The number of fused-ring (bicyclic) bond motifs is 1. The number of carboxylic acid groups (broad SMARTS) is 1. The smallest absolute Gasteiger partial charge is 0.374 e. The van der Waals surface area contributed by atoms with Gasteiger partial charge < -0.3 is 10.0 Å². The van der Waals surface area contributed by atoms with Gasteiger partial charge in [-0.25, -0.2) is 23.2 Å². The van der Waals surface area contributed by atoms with Crippen LogP contribution in [-0.2, 0) is 9.84 Å². The molecule has 1 aromatic heterocycles. The van der Waals surface area contributed by atoms with Crippen molar-refractivity contribution in [3.05, 3.63) is 30.1 Å². The van der Waals surface area contributed by atoms with Gasteiger partial charge in [-0.05, 0) is 12.1 Å². The molecule has 110 valence electrons. The van der Waals surface area contributed by atoms with Crippen LogP contribution in [0.15, 0.2) is 24.3 Å². The van der Waals surface area contributed by atoms with Crippen molar-refractivity contribution in [1.29, 1.82) is 0 Å². The van der Waals surface area contributed by atoms with E-state index >= 15 is 0 Å². The van der Waals surface area contributed by atoms with E-state index in [1.807, 2.05) is 6.07 Å². The zero-order valence-electron chi connectivity index (χ0n) is 11.1. The summed E-state index contributed by atoms with van der Waals surface area (Å²) in [4.78, 5) is 21.0. The van der Waals surface area contributed by atoms with Crippen LogP contribution in [0.25, 0.3) is 10.9 Å². The number of rotatable bonds is 2. The Balaban J connectivity index is 2.10. The van der Waals surface area contributed by atoms with Crippen molar-refractivity contribution < 1.29 is 18.3 Å². The maximum absolute atomic E-state index is 11.5. The highest BCUT2D eigenvalue weighted by atomic mass is 32.2. The first-order valence-corrected chi connectivity index (χ1v) is 8.24. The van der Waals surface area contributed by atoms with E-state index in [0.717, 1.165) is 5.39 Å². The Kier molecular flexibility index (Phi) is 3.25. The first-order valence-electron chi connectivity index (χ1n) is 6.42. The average Bonchev–Trinajstić information content (AvgIpc) is 2.46. The fourth-order valence-electron chi connectivity index (χ4n) is 2.32. The summed E-state index contributed by atoms with van der Waals surface area (Å²) in [6.07, 6.45) is 0. The quantitative estimate of drug-likeness (QED) is 0.865. The van der Waals surface area contributed by atoms with E-state index in [1.54, 1.807) is 23.1 Å². The van der Waals surface area contributed by atoms with Crippen molar-refractivity contribution in [2.45, 2.75) is 0 Å². The van der Waals surface area contributed by atoms with Gasteiger partial charge in [0.15, 0.2) is 9.84 Å². The molecule has 0 spiro atoms. The third-order valence-electron chi connectivity index (χ3n) is 3.42. The summed E-state index contributed by atoms with van der Waals surface area (Å²) >= 11 is 0. The molecule has 0 unspecified atom stereocenters. The van der Waals surface area contributed by atoms with Crippen LogP contribution in [-0.4, -0.2) is 54.1 Å². The van der Waals surface area contributed by atoms with Crippen molar-refractivity contribution in [3.63, 3.8) is 0 Å². The minimum Gasteiger partial charge on any atom is -0.475 e. The van der Waals surface area contributed by atoms with Crippen LogP contribution in [0.1, 0.15) is 10.6 Å². The molecule has 1 N–H and O–H groups in total. The van der Waals surface area contributed by atoms with Gasteiger partial charge in [0.05, 0.1) is 17.0 Å². The van der Waals surface area contributed by atoms with Crippen LogP contribution in [0.5, 0.6) is 0 Å². The SMILES string of the molecule is O=C(O)c1nc(N2CCS(=O)(=O)CC2)c2ccccc2n1. The number of para-hydroxylation sites is 1. The highest BCUT2D eigenvalue weighted by Crippen LogP contribution is 2.25. The lowest BCUT2D eigenvalue weighted by atomic mass is 10.2. The number of aromatic nitrogens is 2. The van der Waals surface area contributed by atoms with Crippen molar-refractivity contribution in [3.8, 4) is 0 Å². The highest BCUT2D eigenvalue weighted by molar-refractivity contribution is 7.91. The van der Waals surface area contributed by atoms with Crippen molar-refractivity contribution in [2.24, 2.45) is 0 Å². The molecule has 0 amide bonds. The minimum atomic E-state index is -3.00. The summed E-state index contributed by atoms with van der Waals surface area (Å²) in [6, 6.07) is 7.11. The summed E-state index contributed by atoms with van der Waals surface area (Å²) in [5.41, 5.74) is 0.535. The van der Waals surface area contributed by atoms with E-state index in [4.69, 9.17) is 5.11 Å². The number of anilines is 1. The van der Waals surface area contributed by atoms with E-state index in [2.05, 4.69) is 9.97 Å². The van der Waals surface area contributed by atoms with Crippen LogP contribution in [0.3, 0.4) is 0 Å². The van der Waals surface area contributed by atoms with Gasteiger partial charge in [-0.1, -0.05) is 12.1 Å². The molecular weight excluding hydrogens is 294 g/mol. The summed E-state index contributed by atoms with van der Waals surface area (Å²) in [6.45, 7) is 0.616. The lowest BCUT2D eigenvalue weighted by Gasteiger charge is -2.28. The second kappa shape index (κ2) is 4.96. The second-order valence-corrected chi connectivity index (χ2v) is 7.14. The molecule has 0 radical (unpaired) electrons. The van der Waals surface area contributed by atoms with E-state index in [-0.39, 0.29) is 17.3 Å². The minimum absolute atomic E-state index is 0.0493. The normalized spacial score (nSPS) is 17.8. The molecule has 1 aliphatic rings. The number of sulfone groups is 1. The Morgan fingerprint density at radius 3 is 2.48 bits per heavy atom. The number of benzene rings is 1. The van der Waals surface area contributed by atoms with Gasteiger partial charge in [-0.15, -0.1) is 0 Å². The van der Waals surface area contributed by atoms with E-state index in [0.29, 0.717) is 24.4 Å². The molecule has 1 fully saturated rings. The number of nitrogens with zero attached hydrogens (tertiary/aromatic N) is 3. The Bertz CT molecular complexity index is 805. The van der Waals surface area contributed by atoms with Gasteiger partial charge in [0, 0.05) is 18.5 Å². The standard InChI is InChI=1S/C13H13N3O4S/c17-13(18)11-14-10-4-2-1-3-9(10)12(15-11)16-5-7-21(19,20)8-6-16/h1-4H,5-8H2,(H,17,18). The van der Waals surface area contributed by atoms with Gasteiger partial charge in [0.25, 0.3) is 0 Å². The molecule has 1 saturated heterocycles. The predicted octanol–water partition coefficient (Wildman–Crippen LogP) is 0.563. The van der Waals surface area contributed by atoms with Gasteiger partial charge in [0.1, 0.15) is 5.82 Å². The molecular formula is C13H13N3O4S. The molecule has 21 heavy (non-hydrogen) atoms. The topological polar surface area (TPSA) is 100 Å². The molecule has 2 aromatic rings. The number of carbonyl (C=O) groups is 1. The Morgan fingerprint density at radius 1 is 1.14 bits per heavy atom. The van der Waals surface area contributed by atoms with Crippen molar-refractivity contribution in [1.82, 2.24) is 9.97 Å². The molecule has 7 nitrogen and oxygen atoms in total.